The van der Waals surface area contributed by atoms with Gasteiger partial charge in [0.1, 0.15) is 0 Å². The third-order valence-electron chi connectivity index (χ3n) is 4.82. The standard InChI is InChI=1S/C22H28AsFN2O6S.Ca.2H/c1-13(2)20-18(10-9-16(27)11-17(28)12-19(29)30)21(14-5-7-15(24)8-6-14)26-22(25-20)23(3)33(4,31)32;;;/h5-10,13,16-17,27-28H,11-12H2,1-4H3,(H,29,30);;;/q;+2;2*-1/b10-9+;;;/t16-,17-,23?;;;/m1.../s1. The van der Waals surface area contributed by atoms with E-state index in [9.17, 15) is 27.8 Å². The molecule has 0 amide bonds. The molecule has 3 atom stereocenters. The Balaban J connectivity index is 0. The van der Waals surface area contributed by atoms with Crippen molar-refractivity contribution in [1.82, 2.24) is 9.97 Å². The molecule has 0 radical (unpaired) electrons. The molecule has 3 N–H and O–H groups in total. The van der Waals surface area contributed by atoms with Crippen molar-refractivity contribution >= 4 is 76.0 Å². The van der Waals surface area contributed by atoms with Crippen molar-refractivity contribution in [1.29, 1.82) is 0 Å². The Labute approximate surface area is 235 Å². The molecule has 0 spiro atoms. The Hall–Kier alpha value is -0.872. The van der Waals surface area contributed by atoms with Gasteiger partial charge in [-0.1, -0.05) is 0 Å². The van der Waals surface area contributed by atoms with E-state index < -0.39 is 52.0 Å². The zero-order valence-electron chi connectivity index (χ0n) is 21.5. The van der Waals surface area contributed by atoms with E-state index in [1.807, 2.05) is 13.8 Å². The smallest absolute Gasteiger partial charge is 1.00 e. The number of hydrogen-bond acceptors (Lipinski definition) is 7. The predicted molar refractivity (Wildman–Crippen MR) is 134 cm³/mol. The van der Waals surface area contributed by atoms with E-state index in [2.05, 4.69) is 9.97 Å². The molecular formula is C22H30AsCaFN2O6S. The van der Waals surface area contributed by atoms with Gasteiger partial charge < -0.3 is 2.85 Å². The molecule has 2 rings (SSSR count). The van der Waals surface area contributed by atoms with Crippen LogP contribution in [0, 0.1) is 5.82 Å². The van der Waals surface area contributed by atoms with E-state index in [0.717, 1.165) is 6.26 Å². The van der Waals surface area contributed by atoms with Crippen LogP contribution < -0.4 is 4.61 Å². The van der Waals surface area contributed by atoms with E-state index in [-0.39, 0.29) is 57.5 Å². The molecule has 184 valence electrons. The summed E-state index contributed by atoms with van der Waals surface area (Å²) in [6.07, 6.45) is 1.12. The molecule has 0 aliphatic rings. The second kappa shape index (κ2) is 13.4. The average molecular weight is 585 g/mol. The van der Waals surface area contributed by atoms with Crippen molar-refractivity contribution in [3.63, 3.8) is 0 Å². The molecule has 12 heteroatoms. The predicted octanol–water partition coefficient (Wildman–Crippen LogP) is 1.72. The Morgan fingerprint density at radius 2 is 1.79 bits per heavy atom. The first-order valence-electron chi connectivity index (χ1n) is 10.2. The number of benzene rings is 1. The zero-order valence-corrected chi connectivity index (χ0v) is 24.4. The fraction of sp³-hybridized carbons (Fsp3) is 0.409. The average Bonchev–Trinajstić information content (AvgIpc) is 2.70. The second-order valence-electron chi connectivity index (χ2n) is 7.98. The molecular weight excluding hydrogens is 554 g/mol. The summed E-state index contributed by atoms with van der Waals surface area (Å²) in [4.78, 5) is 19.8. The fourth-order valence-electron chi connectivity index (χ4n) is 3.05. The van der Waals surface area contributed by atoms with Gasteiger partial charge in [0.15, 0.2) is 0 Å². The number of carboxylic acids is 1. The van der Waals surface area contributed by atoms with Gasteiger partial charge in [0.25, 0.3) is 0 Å². The van der Waals surface area contributed by atoms with Crippen LogP contribution in [0.3, 0.4) is 0 Å². The van der Waals surface area contributed by atoms with E-state index >= 15 is 0 Å². The summed E-state index contributed by atoms with van der Waals surface area (Å²) < 4.78 is 38.2. The molecule has 0 bridgehead atoms. The van der Waals surface area contributed by atoms with Crippen LogP contribution in [0.25, 0.3) is 17.3 Å². The van der Waals surface area contributed by atoms with Crippen molar-refractivity contribution < 1.29 is 35.8 Å². The summed E-state index contributed by atoms with van der Waals surface area (Å²) in [6.45, 7) is 3.77. The molecule has 1 aromatic carbocycles. The van der Waals surface area contributed by atoms with Crippen molar-refractivity contribution in [2.75, 3.05) is 6.26 Å². The van der Waals surface area contributed by atoms with E-state index in [1.165, 1.54) is 30.3 Å². The summed E-state index contributed by atoms with van der Waals surface area (Å²) in [5, 5.41) is 28.8. The fourth-order valence-corrected chi connectivity index (χ4v) is 6.66. The van der Waals surface area contributed by atoms with Crippen LogP contribution >= 0.6 is 0 Å². The van der Waals surface area contributed by atoms with Crippen LogP contribution in [0.15, 0.2) is 30.3 Å². The minimum atomic E-state index is -3.34. The van der Waals surface area contributed by atoms with Gasteiger partial charge >= 0.3 is 234 Å². The minimum Gasteiger partial charge on any atom is -1.00 e. The van der Waals surface area contributed by atoms with Gasteiger partial charge in [0.05, 0.1) is 0 Å². The van der Waals surface area contributed by atoms with Gasteiger partial charge in [0.2, 0.25) is 0 Å². The molecule has 0 saturated heterocycles. The topological polar surface area (TPSA) is 138 Å². The summed E-state index contributed by atoms with van der Waals surface area (Å²) in [5.74, 6) is -1.73. The van der Waals surface area contributed by atoms with Crippen LogP contribution in [0.5, 0.6) is 0 Å². The Morgan fingerprint density at radius 3 is 2.29 bits per heavy atom. The Kier molecular flexibility index (Phi) is 12.3. The van der Waals surface area contributed by atoms with Crippen LogP contribution in [0.4, 0.5) is 4.39 Å². The number of halogens is 1. The van der Waals surface area contributed by atoms with Crippen LogP contribution in [-0.4, -0.2) is 109 Å². The van der Waals surface area contributed by atoms with E-state index in [1.54, 1.807) is 11.8 Å². The van der Waals surface area contributed by atoms with Gasteiger partial charge in [-0.3, -0.25) is 0 Å². The molecule has 1 aromatic heterocycles. The number of carboxylic acid groups (broad SMARTS) is 1. The summed E-state index contributed by atoms with van der Waals surface area (Å²) in [6, 6.07) is 5.61. The van der Waals surface area contributed by atoms with Crippen LogP contribution in [0.2, 0.25) is 5.71 Å². The molecule has 34 heavy (non-hydrogen) atoms. The number of nitrogens with zero attached hydrogens (tertiary/aromatic N) is 2. The third kappa shape index (κ3) is 8.97. The van der Waals surface area contributed by atoms with Gasteiger partial charge in [-0.25, -0.2) is 0 Å². The van der Waals surface area contributed by atoms with Crippen molar-refractivity contribution in [3.8, 4) is 11.3 Å². The summed E-state index contributed by atoms with van der Waals surface area (Å²) >= 11 is -2.64. The molecule has 0 saturated carbocycles. The van der Waals surface area contributed by atoms with Crippen molar-refractivity contribution in [2.45, 2.75) is 50.5 Å². The maximum absolute atomic E-state index is 13.5. The third-order valence-corrected chi connectivity index (χ3v) is 14.5. The number of aliphatic hydroxyl groups excluding tert-OH is 2. The van der Waals surface area contributed by atoms with E-state index in [0.29, 0.717) is 22.5 Å². The zero-order chi connectivity index (χ0) is 24.9. The van der Waals surface area contributed by atoms with Crippen molar-refractivity contribution in [2.24, 2.45) is 0 Å². The summed E-state index contributed by atoms with van der Waals surface area (Å²) in [5.41, 5.74) is 3.70. The van der Waals surface area contributed by atoms with Crippen LogP contribution in [0.1, 0.15) is 46.7 Å². The number of aromatic nitrogens is 2. The molecule has 1 heterocycles. The first-order chi connectivity index (χ1) is 15.3. The molecule has 0 fully saturated rings. The van der Waals surface area contributed by atoms with Gasteiger partial charge in [0, 0.05) is 0 Å². The minimum absolute atomic E-state index is 0. The monoisotopic (exact) mass is 584 g/mol. The summed E-state index contributed by atoms with van der Waals surface area (Å²) in [7, 11) is -3.34. The molecule has 1 unspecified atom stereocenters. The van der Waals surface area contributed by atoms with Crippen molar-refractivity contribution in [3.05, 3.63) is 47.4 Å². The number of hydrogen-bond donors (Lipinski definition) is 3. The quantitative estimate of drug-likeness (QED) is 0.359. The second-order valence-corrected chi connectivity index (χ2v) is 19.4. The molecule has 0 aliphatic heterocycles. The molecule has 0 aliphatic carbocycles. The molecule has 8 nitrogen and oxygen atoms in total. The number of carbonyl (C=O) groups is 1. The number of rotatable bonds is 10. The normalized spacial score (nSPS) is 14.6. The van der Waals surface area contributed by atoms with Gasteiger partial charge in [-0.2, -0.15) is 0 Å². The maximum atomic E-state index is 13.5. The van der Waals surface area contributed by atoms with E-state index in [4.69, 9.17) is 5.11 Å². The first-order valence-corrected chi connectivity index (χ1v) is 17.1. The van der Waals surface area contributed by atoms with Crippen LogP contribution in [-0.2, 0) is 12.9 Å². The van der Waals surface area contributed by atoms with Gasteiger partial charge in [-0.15, -0.1) is 0 Å². The molecule has 2 aromatic rings. The number of aliphatic hydroxyl groups is 2. The first kappa shape index (κ1) is 31.2. The SMILES string of the molecule is CC(C)c1nc([As](C)S(C)(=O)=O)nc(-c2ccc(F)cc2)c1/C=C/[C@@H](O)C[C@@H](O)CC(=O)O.[Ca+2].[H-].[H-]. The Morgan fingerprint density at radius 1 is 1.21 bits per heavy atom. The Bertz CT molecular complexity index is 1140. The van der Waals surface area contributed by atoms with Gasteiger partial charge in [-0.05, 0) is 0 Å². The number of aliphatic carboxylic acids is 1.